The van der Waals surface area contributed by atoms with Crippen LogP contribution in [0.2, 0.25) is 0 Å². The normalized spacial score (nSPS) is 10.7. The van der Waals surface area contributed by atoms with E-state index >= 15 is 0 Å². The van der Waals surface area contributed by atoms with E-state index < -0.39 is 29.2 Å². The fraction of sp³-hybridized carbons (Fsp3) is 0.250. The molecular formula is C12H15N3O5. The number of phenolic OH excluding ortho intramolecular Hbond substituents is 1. The first-order valence-corrected chi connectivity index (χ1v) is 5.59. The molecule has 0 aromatic heterocycles. The van der Waals surface area contributed by atoms with Crippen molar-refractivity contribution < 1.29 is 24.6 Å². The van der Waals surface area contributed by atoms with Crippen LogP contribution < -0.4 is 16.4 Å². The van der Waals surface area contributed by atoms with Crippen molar-refractivity contribution in [3.05, 3.63) is 23.8 Å². The van der Waals surface area contributed by atoms with E-state index in [0.29, 0.717) is 0 Å². The molecular weight excluding hydrogens is 266 g/mol. The standard InChI is InChI=1S/C12H15N3O5/c1-12(2,10(13)19)15-11(20)14-7-4-3-6(9(17)18)5-8(7)16/h3-5,16H,1-2H3,(H2,13,19)(H,17,18)(H2,14,15,20). The van der Waals surface area contributed by atoms with Crippen LogP contribution in [0.1, 0.15) is 24.2 Å². The van der Waals surface area contributed by atoms with E-state index in [1.54, 1.807) is 0 Å². The zero-order valence-corrected chi connectivity index (χ0v) is 10.9. The van der Waals surface area contributed by atoms with E-state index in [4.69, 9.17) is 10.8 Å². The van der Waals surface area contributed by atoms with Crippen molar-refractivity contribution >= 4 is 23.6 Å². The molecule has 0 aliphatic heterocycles. The first-order chi connectivity index (χ1) is 9.13. The molecule has 0 spiro atoms. The molecule has 0 aliphatic rings. The number of primary amides is 1. The van der Waals surface area contributed by atoms with Gasteiger partial charge in [0.2, 0.25) is 5.91 Å². The van der Waals surface area contributed by atoms with E-state index in [1.165, 1.54) is 26.0 Å². The van der Waals surface area contributed by atoms with Crippen molar-refractivity contribution in [2.45, 2.75) is 19.4 Å². The van der Waals surface area contributed by atoms with Gasteiger partial charge in [-0.25, -0.2) is 9.59 Å². The second kappa shape index (κ2) is 5.47. The molecule has 6 N–H and O–H groups in total. The Morgan fingerprint density at radius 3 is 2.30 bits per heavy atom. The molecule has 0 saturated carbocycles. The summed E-state index contributed by atoms with van der Waals surface area (Å²) in [6.45, 7) is 2.84. The molecule has 20 heavy (non-hydrogen) atoms. The molecule has 1 rings (SSSR count). The number of carbonyl (C=O) groups excluding carboxylic acids is 2. The Labute approximate surface area is 114 Å². The number of amides is 3. The van der Waals surface area contributed by atoms with Crippen LogP contribution in [0.4, 0.5) is 10.5 Å². The molecule has 0 saturated heterocycles. The number of benzene rings is 1. The number of phenols is 1. The molecule has 108 valence electrons. The number of hydrogen-bond acceptors (Lipinski definition) is 4. The topological polar surface area (TPSA) is 142 Å². The van der Waals surface area contributed by atoms with Crippen LogP contribution in [-0.4, -0.2) is 33.7 Å². The average Bonchev–Trinajstić information content (AvgIpc) is 2.30. The number of rotatable bonds is 4. The Hall–Kier alpha value is -2.77. The number of hydrogen-bond donors (Lipinski definition) is 5. The number of anilines is 1. The maximum atomic E-state index is 11.6. The predicted molar refractivity (Wildman–Crippen MR) is 70.5 cm³/mol. The first-order valence-electron chi connectivity index (χ1n) is 5.59. The summed E-state index contributed by atoms with van der Waals surface area (Å²) in [4.78, 5) is 33.4. The van der Waals surface area contributed by atoms with Crippen molar-refractivity contribution in [3.63, 3.8) is 0 Å². The van der Waals surface area contributed by atoms with Crippen LogP contribution >= 0.6 is 0 Å². The largest absolute Gasteiger partial charge is 0.506 e. The molecule has 0 aliphatic carbocycles. The highest BCUT2D eigenvalue weighted by atomic mass is 16.4. The van der Waals surface area contributed by atoms with Gasteiger partial charge in [-0.1, -0.05) is 0 Å². The molecule has 0 bridgehead atoms. The lowest BCUT2D eigenvalue weighted by atomic mass is 10.1. The molecule has 0 heterocycles. The number of aromatic carboxylic acids is 1. The number of carbonyl (C=O) groups is 3. The van der Waals surface area contributed by atoms with E-state index in [2.05, 4.69) is 10.6 Å². The SMILES string of the molecule is CC(C)(NC(=O)Nc1ccc(C(=O)O)cc1O)C(N)=O. The van der Waals surface area contributed by atoms with Crippen molar-refractivity contribution in [1.29, 1.82) is 0 Å². The number of nitrogens with one attached hydrogen (secondary N) is 2. The number of carboxylic acid groups (broad SMARTS) is 1. The average molecular weight is 281 g/mol. The van der Waals surface area contributed by atoms with Crippen molar-refractivity contribution in [2.75, 3.05) is 5.32 Å². The molecule has 0 unspecified atom stereocenters. The molecule has 1 aromatic rings. The second-order valence-corrected chi connectivity index (χ2v) is 4.61. The zero-order chi connectivity index (χ0) is 15.5. The van der Waals surface area contributed by atoms with Gasteiger partial charge >= 0.3 is 12.0 Å². The van der Waals surface area contributed by atoms with E-state index in [0.717, 1.165) is 6.07 Å². The Bertz CT molecular complexity index is 568. The monoisotopic (exact) mass is 281 g/mol. The van der Waals surface area contributed by atoms with E-state index in [-0.39, 0.29) is 11.3 Å². The summed E-state index contributed by atoms with van der Waals surface area (Å²) in [7, 11) is 0. The smallest absolute Gasteiger partial charge is 0.335 e. The zero-order valence-electron chi connectivity index (χ0n) is 10.9. The van der Waals surface area contributed by atoms with E-state index in [1.807, 2.05) is 0 Å². The van der Waals surface area contributed by atoms with Gasteiger partial charge in [0.15, 0.2) is 0 Å². The molecule has 8 nitrogen and oxygen atoms in total. The highest BCUT2D eigenvalue weighted by molar-refractivity contribution is 5.96. The molecule has 1 aromatic carbocycles. The summed E-state index contributed by atoms with van der Waals surface area (Å²) in [6.07, 6.45) is 0. The van der Waals surface area contributed by atoms with Gasteiger partial charge in [-0.05, 0) is 32.0 Å². The molecule has 0 radical (unpaired) electrons. The van der Waals surface area contributed by atoms with Gasteiger partial charge in [-0.3, -0.25) is 4.79 Å². The van der Waals surface area contributed by atoms with Crippen LogP contribution in [0.15, 0.2) is 18.2 Å². The number of nitrogens with two attached hydrogens (primary N) is 1. The lowest BCUT2D eigenvalue weighted by Gasteiger charge is -2.22. The lowest BCUT2D eigenvalue weighted by molar-refractivity contribution is -0.122. The van der Waals surface area contributed by atoms with Crippen LogP contribution in [0.5, 0.6) is 5.75 Å². The quantitative estimate of drug-likeness (QED) is 0.510. The minimum Gasteiger partial charge on any atom is -0.506 e. The van der Waals surface area contributed by atoms with Gasteiger partial charge in [0.05, 0.1) is 11.3 Å². The fourth-order valence-corrected chi connectivity index (χ4v) is 1.27. The molecule has 0 fully saturated rings. The lowest BCUT2D eigenvalue weighted by Crippen LogP contribution is -2.54. The Balaban J connectivity index is 2.82. The molecule has 8 heteroatoms. The van der Waals surface area contributed by atoms with Crippen molar-refractivity contribution in [3.8, 4) is 5.75 Å². The number of carboxylic acids is 1. The van der Waals surface area contributed by atoms with Crippen LogP contribution in [0.3, 0.4) is 0 Å². The predicted octanol–water partition coefficient (Wildman–Crippen LogP) is 0.476. The Morgan fingerprint density at radius 2 is 1.85 bits per heavy atom. The minimum absolute atomic E-state index is 0.00719. The third-order valence-electron chi connectivity index (χ3n) is 2.53. The van der Waals surface area contributed by atoms with Crippen molar-refractivity contribution in [1.82, 2.24) is 5.32 Å². The third kappa shape index (κ3) is 3.61. The summed E-state index contributed by atoms with van der Waals surface area (Å²) in [5, 5.41) is 22.9. The van der Waals surface area contributed by atoms with Gasteiger partial charge in [-0.2, -0.15) is 0 Å². The van der Waals surface area contributed by atoms with E-state index in [9.17, 15) is 19.5 Å². The number of urea groups is 1. The highest BCUT2D eigenvalue weighted by Crippen LogP contribution is 2.24. The van der Waals surface area contributed by atoms with Crippen molar-refractivity contribution in [2.24, 2.45) is 5.73 Å². The summed E-state index contributed by atoms with van der Waals surface area (Å²) >= 11 is 0. The summed E-state index contributed by atoms with van der Waals surface area (Å²) in [6, 6.07) is 2.69. The molecule has 0 atom stereocenters. The molecule has 3 amide bonds. The van der Waals surface area contributed by atoms with Gasteiger partial charge in [0, 0.05) is 0 Å². The Kier molecular flexibility index (Phi) is 4.18. The second-order valence-electron chi connectivity index (χ2n) is 4.61. The van der Waals surface area contributed by atoms with Crippen LogP contribution in [-0.2, 0) is 4.79 Å². The van der Waals surface area contributed by atoms with Gasteiger partial charge < -0.3 is 26.6 Å². The van der Waals surface area contributed by atoms with Crippen LogP contribution in [0, 0.1) is 0 Å². The van der Waals surface area contributed by atoms with Crippen LogP contribution in [0.25, 0.3) is 0 Å². The Morgan fingerprint density at radius 1 is 1.25 bits per heavy atom. The first kappa shape index (κ1) is 15.3. The third-order valence-corrected chi connectivity index (χ3v) is 2.53. The summed E-state index contributed by atoms with van der Waals surface area (Å²) in [5.74, 6) is -2.33. The van der Waals surface area contributed by atoms with Gasteiger partial charge in [0.25, 0.3) is 0 Å². The van der Waals surface area contributed by atoms with Gasteiger partial charge in [0.1, 0.15) is 11.3 Å². The minimum atomic E-state index is -1.26. The number of aromatic hydroxyl groups is 1. The summed E-state index contributed by atoms with van der Waals surface area (Å²) in [5.41, 5.74) is 3.72. The summed E-state index contributed by atoms with van der Waals surface area (Å²) < 4.78 is 0. The fourth-order valence-electron chi connectivity index (χ4n) is 1.27. The maximum absolute atomic E-state index is 11.6. The van der Waals surface area contributed by atoms with Gasteiger partial charge in [-0.15, -0.1) is 0 Å². The highest BCUT2D eigenvalue weighted by Gasteiger charge is 2.27. The maximum Gasteiger partial charge on any atom is 0.335 e.